The number of aryl methyl sites for hydroxylation is 2. The van der Waals surface area contributed by atoms with Gasteiger partial charge < -0.3 is 24.5 Å². The molecule has 8 nitrogen and oxygen atoms in total. The lowest BCUT2D eigenvalue weighted by Gasteiger charge is -2.41. The third kappa shape index (κ3) is 5.17. The summed E-state index contributed by atoms with van der Waals surface area (Å²) in [4.78, 5) is 31.6. The highest BCUT2D eigenvalue weighted by Crippen LogP contribution is 2.35. The number of hydrogen-bond acceptors (Lipinski definition) is 5. The smallest absolute Gasteiger partial charge is 0.254 e. The van der Waals surface area contributed by atoms with E-state index >= 15 is 0 Å². The second-order valence-electron chi connectivity index (χ2n) is 10.9. The van der Waals surface area contributed by atoms with Crippen molar-refractivity contribution in [1.82, 2.24) is 25.1 Å². The van der Waals surface area contributed by atoms with E-state index in [4.69, 9.17) is 4.74 Å². The van der Waals surface area contributed by atoms with Crippen molar-refractivity contribution in [3.8, 4) is 0 Å². The normalized spacial score (nSPS) is 18.6. The molecule has 204 valence electrons. The number of ether oxygens (including phenoxy) is 1. The molecular formula is C30H41N5O3. The number of pyridine rings is 1. The molecule has 2 aliphatic heterocycles. The average Bonchev–Trinajstić information content (AvgIpc) is 3.21. The van der Waals surface area contributed by atoms with E-state index in [1.54, 1.807) is 0 Å². The van der Waals surface area contributed by atoms with Crippen molar-refractivity contribution in [1.29, 1.82) is 0 Å². The van der Waals surface area contributed by atoms with Crippen LogP contribution in [0.25, 0.3) is 10.9 Å². The molecule has 1 aromatic carbocycles. The fraction of sp³-hybridized carbons (Fsp3) is 0.533. The number of fused-ring (bicyclic) bond motifs is 1. The molecule has 38 heavy (non-hydrogen) atoms. The van der Waals surface area contributed by atoms with Crippen LogP contribution in [-0.2, 0) is 11.3 Å². The summed E-state index contributed by atoms with van der Waals surface area (Å²) < 4.78 is 7.89. The molecule has 2 aliphatic rings. The Balaban J connectivity index is 1.38. The molecule has 3 N–H and O–H groups in total. The number of nitrogens with one attached hydrogen (secondary N) is 3. The first kappa shape index (κ1) is 26.7. The Morgan fingerprint density at radius 3 is 2.50 bits per heavy atom. The number of nitrogens with zero attached hydrogens (tertiary/aromatic N) is 2. The number of amides is 1. The number of rotatable bonds is 7. The molecule has 5 rings (SSSR count). The van der Waals surface area contributed by atoms with E-state index in [0.29, 0.717) is 23.1 Å². The zero-order valence-electron chi connectivity index (χ0n) is 23.1. The van der Waals surface area contributed by atoms with Crippen LogP contribution in [0.15, 0.2) is 35.1 Å². The van der Waals surface area contributed by atoms with Crippen molar-refractivity contribution in [3.63, 3.8) is 0 Å². The van der Waals surface area contributed by atoms with Gasteiger partial charge in [-0.05, 0) is 90.2 Å². The van der Waals surface area contributed by atoms with Gasteiger partial charge in [0.05, 0.1) is 17.2 Å². The maximum Gasteiger partial charge on any atom is 0.254 e. The molecule has 2 saturated heterocycles. The summed E-state index contributed by atoms with van der Waals surface area (Å²) in [5.41, 5.74) is 4.84. The monoisotopic (exact) mass is 519 g/mol. The van der Waals surface area contributed by atoms with E-state index in [-0.39, 0.29) is 24.2 Å². The number of para-hydroxylation sites is 1. The van der Waals surface area contributed by atoms with Gasteiger partial charge in [-0.3, -0.25) is 14.9 Å². The molecule has 1 atom stereocenters. The largest absolute Gasteiger partial charge is 0.381 e. The maximum absolute atomic E-state index is 13.6. The SMILES string of the molecule is CNC(C1CCN(C2CCOCC2)CC1)n1c(C)c(C(=O)NCc2c(C)cc(C)[nH]c2=O)c2ccccc21. The first-order valence-corrected chi connectivity index (χ1v) is 13.9. The van der Waals surface area contributed by atoms with E-state index in [9.17, 15) is 9.59 Å². The summed E-state index contributed by atoms with van der Waals surface area (Å²) in [6, 6.07) is 10.7. The van der Waals surface area contributed by atoms with Gasteiger partial charge in [-0.25, -0.2) is 0 Å². The molecule has 1 amide bonds. The molecule has 4 heterocycles. The molecule has 0 aliphatic carbocycles. The number of hydrogen-bond donors (Lipinski definition) is 3. The fourth-order valence-electron chi connectivity index (χ4n) is 6.62. The summed E-state index contributed by atoms with van der Waals surface area (Å²) in [6.45, 7) is 9.96. The van der Waals surface area contributed by atoms with Gasteiger partial charge in [0, 0.05) is 48.1 Å². The zero-order chi connectivity index (χ0) is 26.8. The molecular weight excluding hydrogens is 478 g/mol. The molecule has 3 aromatic rings. The van der Waals surface area contributed by atoms with Gasteiger partial charge in [-0.1, -0.05) is 18.2 Å². The van der Waals surface area contributed by atoms with Crippen LogP contribution >= 0.6 is 0 Å². The average molecular weight is 520 g/mol. The van der Waals surface area contributed by atoms with Crippen LogP contribution in [0.4, 0.5) is 0 Å². The molecule has 2 aromatic heterocycles. The highest BCUT2D eigenvalue weighted by atomic mass is 16.5. The molecule has 0 bridgehead atoms. The van der Waals surface area contributed by atoms with E-state index in [2.05, 4.69) is 31.2 Å². The number of aromatic amines is 1. The number of H-pyrrole nitrogens is 1. The molecule has 0 radical (unpaired) electrons. The highest BCUT2D eigenvalue weighted by Gasteiger charge is 2.33. The lowest BCUT2D eigenvalue weighted by Crippen LogP contribution is -2.46. The van der Waals surface area contributed by atoms with Crippen LogP contribution < -0.4 is 16.2 Å². The lowest BCUT2D eigenvalue weighted by atomic mass is 9.91. The summed E-state index contributed by atoms with van der Waals surface area (Å²) in [5, 5.41) is 7.57. The summed E-state index contributed by atoms with van der Waals surface area (Å²) in [5.74, 6) is 0.316. The number of piperidine rings is 1. The van der Waals surface area contributed by atoms with Gasteiger partial charge >= 0.3 is 0 Å². The number of carbonyl (C=O) groups is 1. The standard InChI is InChI=1S/C30H41N5O3/c1-19-17-20(2)33-29(36)25(19)18-32-30(37)27-21(3)35(26-8-6-5-7-24(26)27)28(31-4)22-9-13-34(14-10-22)23-11-15-38-16-12-23/h5-8,17,22-23,28,31H,9-16,18H2,1-4H3,(H,32,37)(H,33,36). The Morgan fingerprint density at radius 1 is 1.11 bits per heavy atom. The van der Waals surface area contributed by atoms with E-state index in [1.165, 1.54) is 0 Å². The molecule has 8 heteroatoms. The van der Waals surface area contributed by atoms with Gasteiger partial charge in [0.1, 0.15) is 0 Å². The lowest BCUT2D eigenvalue weighted by molar-refractivity contribution is 0.0158. The van der Waals surface area contributed by atoms with Crippen molar-refractivity contribution in [2.24, 2.45) is 5.92 Å². The Hall–Kier alpha value is -2.94. The van der Waals surface area contributed by atoms with Crippen molar-refractivity contribution in [2.45, 2.75) is 65.2 Å². The minimum atomic E-state index is -0.152. The minimum absolute atomic E-state index is 0.0977. The number of aromatic nitrogens is 2. The predicted octanol–water partition coefficient (Wildman–Crippen LogP) is 3.79. The second-order valence-corrected chi connectivity index (χ2v) is 10.9. The third-order valence-electron chi connectivity index (χ3n) is 8.60. The van der Waals surface area contributed by atoms with Crippen molar-refractivity contribution < 1.29 is 9.53 Å². The third-order valence-corrected chi connectivity index (χ3v) is 8.60. The zero-order valence-corrected chi connectivity index (χ0v) is 23.1. The fourth-order valence-corrected chi connectivity index (χ4v) is 6.62. The Morgan fingerprint density at radius 2 is 1.82 bits per heavy atom. The molecule has 1 unspecified atom stereocenters. The topological polar surface area (TPSA) is 91.4 Å². The Kier molecular flexibility index (Phi) is 8.02. The van der Waals surface area contributed by atoms with Crippen molar-refractivity contribution in [3.05, 3.63) is 68.8 Å². The van der Waals surface area contributed by atoms with Crippen LogP contribution in [0.2, 0.25) is 0 Å². The molecule has 2 fully saturated rings. The number of likely N-dealkylation sites (tertiary alicyclic amines) is 1. The van der Waals surface area contributed by atoms with Crippen molar-refractivity contribution >= 4 is 16.8 Å². The molecule has 0 spiro atoms. The number of carbonyl (C=O) groups excluding carboxylic acids is 1. The summed E-state index contributed by atoms with van der Waals surface area (Å²) in [7, 11) is 2.02. The highest BCUT2D eigenvalue weighted by molar-refractivity contribution is 6.08. The van der Waals surface area contributed by atoms with Gasteiger partial charge in [0.25, 0.3) is 11.5 Å². The predicted molar refractivity (Wildman–Crippen MR) is 151 cm³/mol. The van der Waals surface area contributed by atoms with Crippen molar-refractivity contribution in [2.75, 3.05) is 33.4 Å². The number of benzene rings is 1. The quantitative estimate of drug-likeness (QED) is 0.442. The summed E-state index contributed by atoms with van der Waals surface area (Å²) in [6.07, 6.45) is 4.60. The van der Waals surface area contributed by atoms with Crippen LogP contribution in [-0.4, -0.2) is 59.8 Å². The first-order valence-electron chi connectivity index (χ1n) is 13.9. The maximum atomic E-state index is 13.6. The van der Waals surface area contributed by atoms with Crippen LogP contribution in [0.5, 0.6) is 0 Å². The Labute approximate surface area is 224 Å². The van der Waals surface area contributed by atoms with Gasteiger partial charge in [-0.2, -0.15) is 0 Å². The summed E-state index contributed by atoms with van der Waals surface area (Å²) >= 11 is 0. The van der Waals surface area contributed by atoms with E-state index < -0.39 is 0 Å². The van der Waals surface area contributed by atoms with E-state index in [1.807, 2.05) is 52.1 Å². The van der Waals surface area contributed by atoms with Gasteiger partial charge in [0.2, 0.25) is 0 Å². The van der Waals surface area contributed by atoms with Gasteiger partial charge in [-0.15, -0.1) is 0 Å². The first-order chi connectivity index (χ1) is 18.4. The van der Waals surface area contributed by atoms with Crippen LogP contribution in [0.1, 0.15) is 64.7 Å². The second kappa shape index (κ2) is 11.4. The minimum Gasteiger partial charge on any atom is -0.381 e. The molecule has 0 saturated carbocycles. The van der Waals surface area contributed by atoms with Gasteiger partial charge in [0.15, 0.2) is 0 Å². The van der Waals surface area contributed by atoms with Crippen LogP contribution in [0.3, 0.4) is 0 Å². The Bertz CT molecular complexity index is 1350. The van der Waals surface area contributed by atoms with E-state index in [0.717, 1.165) is 79.8 Å². The van der Waals surface area contributed by atoms with Crippen LogP contribution in [0, 0.1) is 26.7 Å².